The fraction of sp³-hybridized carbons (Fsp3) is 0.769. The van der Waals surface area contributed by atoms with E-state index in [2.05, 4.69) is 16.6 Å². The molecule has 0 aromatic carbocycles. The standard InChI is InChI=1S/C13H20N2O/c1-2-6-15-13(16)5-7-14-12-9-10-3-4-11(12)8-10/h1,10-12,14H,3-9H2,(H,15,16). The lowest BCUT2D eigenvalue weighted by molar-refractivity contribution is -0.120. The number of amides is 1. The van der Waals surface area contributed by atoms with E-state index in [1.807, 2.05) is 0 Å². The van der Waals surface area contributed by atoms with Gasteiger partial charge in [-0.2, -0.15) is 0 Å². The van der Waals surface area contributed by atoms with Crippen LogP contribution in [0.3, 0.4) is 0 Å². The van der Waals surface area contributed by atoms with Crippen molar-refractivity contribution in [2.75, 3.05) is 13.1 Å². The van der Waals surface area contributed by atoms with E-state index < -0.39 is 0 Å². The average Bonchev–Trinajstić information content (AvgIpc) is 2.88. The molecule has 0 aromatic heterocycles. The fourth-order valence-corrected chi connectivity index (χ4v) is 3.10. The Balaban J connectivity index is 1.58. The smallest absolute Gasteiger partial charge is 0.222 e. The maximum atomic E-state index is 11.3. The molecule has 0 aliphatic heterocycles. The highest BCUT2D eigenvalue weighted by atomic mass is 16.1. The molecule has 3 atom stereocenters. The van der Waals surface area contributed by atoms with Gasteiger partial charge in [0.2, 0.25) is 5.91 Å². The van der Waals surface area contributed by atoms with E-state index in [0.717, 1.165) is 18.4 Å². The minimum Gasteiger partial charge on any atom is -0.345 e. The summed E-state index contributed by atoms with van der Waals surface area (Å²) >= 11 is 0. The number of terminal acetylenes is 1. The zero-order valence-electron chi connectivity index (χ0n) is 9.67. The topological polar surface area (TPSA) is 41.1 Å². The summed E-state index contributed by atoms with van der Waals surface area (Å²) in [6, 6.07) is 0.666. The van der Waals surface area contributed by atoms with Gasteiger partial charge in [0.05, 0.1) is 6.54 Å². The highest BCUT2D eigenvalue weighted by molar-refractivity contribution is 5.76. The molecule has 2 aliphatic rings. The maximum Gasteiger partial charge on any atom is 0.222 e. The van der Waals surface area contributed by atoms with E-state index in [1.165, 1.54) is 25.7 Å². The molecule has 88 valence electrons. The monoisotopic (exact) mass is 220 g/mol. The van der Waals surface area contributed by atoms with Gasteiger partial charge in [0.25, 0.3) is 0 Å². The van der Waals surface area contributed by atoms with Gasteiger partial charge in [-0.05, 0) is 31.1 Å². The summed E-state index contributed by atoms with van der Waals surface area (Å²) in [5, 5.41) is 6.18. The SMILES string of the molecule is C#CCNC(=O)CCNC1CC2CCC1C2. The Morgan fingerprint density at radius 1 is 1.38 bits per heavy atom. The number of hydrogen-bond acceptors (Lipinski definition) is 2. The van der Waals surface area contributed by atoms with Crippen LogP contribution in [0.15, 0.2) is 0 Å². The van der Waals surface area contributed by atoms with Gasteiger partial charge in [0.1, 0.15) is 0 Å². The Hall–Kier alpha value is -1.01. The van der Waals surface area contributed by atoms with Gasteiger partial charge in [0, 0.05) is 19.0 Å². The molecule has 2 rings (SSSR count). The van der Waals surface area contributed by atoms with Crippen molar-refractivity contribution in [3.05, 3.63) is 0 Å². The van der Waals surface area contributed by atoms with Gasteiger partial charge >= 0.3 is 0 Å². The minimum atomic E-state index is 0.0496. The molecule has 0 aromatic rings. The van der Waals surface area contributed by atoms with Crippen LogP contribution in [-0.4, -0.2) is 25.0 Å². The van der Waals surface area contributed by atoms with Crippen LogP contribution in [0.1, 0.15) is 32.1 Å². The van der Waals surface area contributed by atoms with E-state index in [0.29, 0.717) is 19.0 Å². The average molecular weight is 220 g/mol. The minimum absolute atomic E-state index is 0.0496. The maximum absolute atomic E-state index is 11.3. The summed E-state index contributed by atoms with van der Waals surface area (Å²) in [6.45, 7) is 1.12. The van der Waals surface area contributed by atoms with Crippen LogP contribution >= 0.6 is 0 Å². The zero-order valence-corrected chi connectivity index (χ0v) is 9.67. The Morgan fingerprint density at radius 3 is 2.88 bits per heavy atom. The second-order valence-corrected chi connectivity index (χ2v) is 4.97. The third kappa shape index (κ3) is 2.76. The number of carbonyl (C=O) groups excluding carboxylic acids is 1. The highest BCUT2D eigenvalue weighted by Crippen LogP contribution is 2.44. The van der Waals surface area contributed by atoms with Crippen molar-refractivity contribution in [2.45, 2.75) is 38.1 Å². The molecule has 3 nitrogen and oxygen atoms in total. The first kappa shape index (κ1) is 11.5. The molecule has 16 heavy (non-hydrogen) atoms. The van der Waals surface area contributed by atoms with Crippen molar-refractivity contribution in [3.63, 3.8) is 0 Å². The molecule has 3 heteroatoms. The normalized spacial score (nSPS) is 31.3. The number of nitrogens with one attached hydrogen (secondary N) is 2. The summed E-state index contributed by atoms with van der Waals surface area (Å²) in [5.74, 6) is 4.28. The third-order valence-electron chi connectivity index (χ3n) is 3.88. The number of carbonyl (C=O) groups is 1. The van der Waals surface area contributed by atoms with E-state index in [9.17, 15) is 4.79 Å². The van der Waals surface area contributed by atoms with Gasteiger partial charge in [-0.1, -0.05) is 12.3 Å². The second kappa shape index (κ2) is 5.36. The molecule has 1 amide bonds. The van der Waals surface area contributed by atoms with Crippen LogP contribution in [0.4, 0.5) is 0 Å². The number of hydrogen-bond donors (Lipinski definition) is 2. The predicted molar refractivity (Wildman–Crippen MR) is 63.7 cm³/mol. The quantitative estimate of drug-likeness (QED) is 0.676. The second-order valence-electron chi connectivity index (χ2n) is 4.97. The van der Waals surface area contributed by atoms with Crippen molar-refractivity contribution in [1.29, 1.82) is 0 Å². The lowest BCUT2D eigenvalue weighted by Crippen LogP contribution is -2.36. The van der Waals surface area contributed by atoms with Crippen LogP contribution in [0.25, 0.3) is 0 Å². The van der Waals surface area contributed by atoms with Crippen LogP contribution in [-0.2, 0) is 4.79 Å². The summed E-state index contributed by atoms with van der Waals surface area (Å²) < 4.78 is 0. The molecule has 0 spiro atoms. The largest absolute Gasteiger partial charge is 0.345 e. The Kier molecular flexibility index (Phi) is 3.84. The van der Waals surface area contributed by atoms with Crippen molar-refractivity contribution < 1.29 is 4.79 Å². The molecule has 0 saturated heterocycles. The number of rotatable bonds is 5. The molecule has 2 aliphatic carbocycles. The van der Waals surface area contributed by atoms with E-state index in [1.54, 1.807) is 0 Å². The van der Waals surface area contributed by atoms with Gasteiger partial charge in [-0.25, -0.2) is 0 Å². The summed E-state index contributed by atoms with van der Waals surface area (Å²) in [5.41, 5.74) is 0. The Labute approximate surface area is 97.4 Å². The molecular formula is C13H20N2O. The van der Waals surface area contributed by atoms with Crippen LogP contribution in [0.2, 0.25) is 0 Å². The molecule has 2 saturated carbocycles. The fourth-order valence-electron chi connectivity index (χ4n) is 3.10. The molecule has 0 heterocycles. The van der Waals surface area contributed by atoms with Crippen LogP contribution < -0.4 is 10.6 Å². The molecular weight excluding hydrogens is 200 g/mol. The summed E-state index contributed by atoms with van der Waals surface area (Å²) in [4.78, 5) is 11.3. The van der Waals surface area contributed by atoms with E-state index in [4.69, 9.17) is 6.42 Å². The molecule has 2 bridgehead atoms. The van der Waals surface area contributed by atoms with Gasteiger partial charge in [0.15, 0.2) is 0 Å². The van der Waals surface area contributed by atoms with Crippen LogP contribution in [0.5, 0.6) is 0 Å². The van der Waals surface area contributed by atoms with Gasteiger partial charge < -0.3 is 10.6 Å². The first-order valence-electron chi connectivity index (χ1n) is 6.23. The molecule has 2 fully saturated rings. The van der Waals surface area contributed by atoms with Crippen molar-refractivity contribution >= 4 is 5.91 Å². The first-order valence-corrected chi connectivity index (χ1v) is 6.23. The Bertz CT molecular complexity index is 295. The van der Waals surface area contributed by atoms with Gasteiger partial charge in [-0.15, -0.1) is 6.42 Å². The summed E-state index contributed by atoms with van der Waals surface area (Å²) in [6.07, 6.45) is 11.1. The van der Waals surface area contributed by atoms with E-state index in [-0.39, 0.29) is 5.91 Å². The highest BCUT2D eigenvalue weighted by Gasteiger charge is 2.38. The predicted octanol–water partition coefficient (Wildman–Crippen LogP) is 0.904. The molecule has 0 radical (unpaired) electrons. The van der Waals surface area contributed by atoms with Gasteiger partial charge in [-0.3, -0.25) is 4.79 Å². The lowest BCUT2D eigenvalue weighted by Gasteiger charge is -2.22. The third-order valence-corrected chi connectivity index (χ3v) is 3.88. The number of fused-ring (bicyclic) bond motifs is 2. The molecule has 3 unspecified atom stereocenters. The molecule has 2 N–H and O–H groups in total. The van der Waals surface area contributed by atoms with Crippen molar-refractivity contribution in [2.24, 2.45) is 11.8 Å². The first-order chi connectivity index (χ1) is 7.79. The Morgan fingerprint density at radius 2 is 2.25 bits per heavy atom. The summed E-state index contributed by atoms with van der Waals surface area (Å²) in [7, 11) is 0. The lowest BCUT2D eigenvalue weighted by atomic mass is 9.95. The van der Waals surface area contributed by atoms with E-state index >= 15 is 0 Å². The zero-order chi connectivity index (χ0) is 11.4. The van der Waals surface area contributed by atoms with Crippen molar-refractivity contribution in [3.8, 4) is 12.3 Å². The van der Waals surface area contributed by atoms with Crippen LogP contribution in [0, 0.1) is 24.2 Å². The van der Waals surface area contributed by atoms with Crippen molar-refractivity contribution in [1.82, 2.24) is 10.6 Å².